The van der Waals surface area contributed by atoms with Gasteiger partial charge in [-0.2, -0.15) is 8.42 Å². The van der Waals surface area contributed by atoms with Crippen molar-refractivity contribution in [2.24, 2.45) is 0 Å². The summed E-state index contributed by atoms with van der Waals surface area (Å²) < 4.78 is 28.5. The van der Waals surface area contributed by atoms with Crippen LogP contribution in [0.1, 0.15) is 0 Å². The average Bonchev–Trinajstić information content (AvgIpc) is 1.80. The van der Waals surface area contributed by atoms with Crippen molar-refractivity contribution in [2.75, 3.05) is 6.54 Å². The molecule has 10 heavy (non-hydrogen) atoms. The highest BCUT2D eigenvalue weighted by molar-refractivity contribution is 7.86. The van der Waals surface area contributed by atoms with E-state index in [0.29, 0.717) is 0 Å². The number of hydrogen-bond acceptors (Lipinski definition) is 2. The van der Waals surface area contributed by atoms with Gasteiger partial charge in [-0.25, -0.2) is 13.1 Å². The molecule has 0 radical (unpaired) electrons. The van der Waals surface area contributed by atoms with E-state index < -0.39 is 22.0 Å². The van der Waals surface area contributed by atoms with Crippen molar-refractivity contribution < 1.29 is 13.0 Å². The molecule has 1 atom stereocenters. The molecule has 0 aromatic carbocycles. The second kappa shape index (κ2) is 3.16. The molecule has 0 amide bonds. The fourth-order valence-electron chi connectivity index (χ4n) is 0.280. The van der Waals surface area contributed by atoms with Crippen molar-refractivity contribution in [3.05, 3.63) is 22.8 Å². The molecule has 0 heterocycles. The summed E-state index contributed by atoms with van der Waals surface area (Å²) in [6.07, 6.45) is 0. The van der Waals surface area contributed by atoms with Gasteiger partial charge in [-0.15, -0.1) is 0 Å². The van der Waals surface area contributed by atoms with E-state index in [1.165, 1.54) is 0 Å². The molecule has 0 aliphatic heterocycles. The van der Waals surface area contributed by atoms with Crippen LogP contribution in [0.5, 0.6) is 0 Å². The number of nitrogens with zero attached hydrogens (tertiary/aromatic N) is 2. The summed E-state index contributed by atoms with van der Waals surface area (Å²) in [7, 11) is -4.35. The zero-order valence-electron chi connectivity index (χ0n) is 4.85. The van der Waals surface area contributed by atoms with Crippen LogP contribution in [0.25, 0.3) is 9.69 Å². The summed E-state index contributed by atoms with van der Waals surface area (Å²) in [5.41, 5.74) is 0. The van der Waals surface area contributed by atoms with Gasteiger partial charge in [0.25, 0.3) is 0 Å². The van der Waals surface area contributed by atoms with E-state index in [2.05, 4.69) is 9.69 Å². The van der Waals surface area contributed by atoms with Gasteiger partial charge < -0.3 is 4.85 Å². The molecule has 0 spiro atoms. The van der Waals surface area contributed by atoms with Crippen LogP contribution in [0, 0.1) is 13.1 Å². The lowest BCUT2D eigenvalue weighted by molar-refractivity contribution is 0.476. The highest BCUT2D eigenvalue weighted by Crippen LogP contribution is 1.99. The Kier molecular flexibility index (Phi) is 2.81. The van der Waals surface area contributed by atoms with E-state index >= 15 is 0 Å². The molecule has 5 nitrogen and oxygen atoms in total. The average molecular weight is 160 g/mol. The van der Waals surface area contributed by atoms with Gasteiger partial charge >= 0.3 is 22.0 Å². The lowest BCUT2D eigenvalue weighted by atomic mass is 10.7. The summed E-state index contributed by atoms with van der Waals surface area (Å²) in [6.45, 7) is 12.0. The predicted molar refractivity (Wildman–Crippen MR) is 33.4 cm³/mol. The third-order valence-corrected chi connectivity index (χ3v) is 1.68. The van der Waals surface area contributed by atoms with E-state index in [1.54, 1.807) is 0 Å². The Morgan fingerprint density at radius 2 is 2.00 bits per heavy atom. The lowest BCUT2D eigenvalue weighted by Crippen LogP contribution is -2.18. The van der Waals surface area contributed by atoms with Crippen molar-refractivity contribution in [3.63, 3.8) is 0 Å². The fraction of sp³-hybridized carbons (Fsp3) is 0.500. The Hall–Kier alpha value is -1.11. The van der Waals surface area contributed by atoms with E-state index in [0.717, 1.165) is 0 Å². The maximum Gasteiger partial charge on any atom is 0.413 e. The molecule has 0 aliphatic carbocycles. The van der Waals surface area contributed by atoms with E-state index in [1.807, 2.05) is 0 Å². The molecule has 0 saturated carbocycles. The van der Waals surface area contributed by atoms with Crippen molar-refractivity contribution in [1.82, 2.24) is 0 Å². The molecule has 1 N–H and O–H groups in total. The van der Waals surface area contributed by atoms with Gasteiger partial charge in [0.05, 0.1) is 0 Å². The van der Waals surface area contributed by atoms with Crippen LogP contribution in [-0.4, -0.2) is 24.9 Å². The van der Waals surface area contributed by atoms with Gasteiger partial charge in [0.15, 0.2) is 0 Å². The van der Waals surface area contributed by atoms with Crippen LogP contribution in [0.4, 0.5) is 0 Å². The molecular formula is C4H4N2O3S. The topological polar surface area (TPSA) is 63.1 Å². The summed E-state index contributed by atoms with van der Waals surface area (Å²) in [5.74, 6) is 0. The minimum atomic E-state index is -4.35. The minimum absolute atomic E-state index is 0.512. The first-order chi connectivity index (χ1) is 4.52. The Morgan fingerprint density at radius 3 is 2.10 bits per heavy atom. The molecule has 0 saturated heterocycles. The van der Waals surface area contributed by atoms with Gasteiger partial charge in [-0.1, -0.05) is 0 Å². The molecule has 54 valence electrons. The Morgan fingerprint density at radius 1 is 1.50 bits per heavy atom. The first-order valence-corrected chi connectivity index (χ1v) is 3.68. The number of rotatable bonds is 2. The maximum absolute atomic E-state index is 10.2. The zero-order valence-corrected chi connectivity index (χ0v) is 5.67. The first kappa shape index (κ1) is 8.89. The van der Waals surface area contributed by atoms with Crippen LogP contribution in [0.3, 0.4) is 0 Å². The minimum Gasteiger partial charge on any atom is -0.307 e. The Balaban J connectivity index is 4.47. The Bertz CT molecular complexity index is 281. The summed E-state index contributed by atoms with van der Waals surface area (Å²) >= 11 is 0. The third-order valence-electron chi connectivity index (χ3n) is 0.735. The van der Waals surface area contributed by atoms with Crippen LogP contribution in [0.2, 0.25) is 0 Å². The maximum atomic E-state index is 10.2. The number of hydrogen-bond donors (Lipinski definition) is 1. The second-order valence-corrected chi connectivity index (χ2v) is 3.01. The van der Waals surface area contributed by atoms with Gasteiger partial charge in [0, 0.05) is 0 Å². The lowest BCUT2D eigenvalue weighted by Gasteiger charge is -1.90. The molecule has 0 aliphatic rings. The van der Waals surface area contributed by atoms with Gasteiger partial charge in [0.1, 0.15) is 0 Å². The summed E-state index contributed by atoms with van der Waals surface area (Å²) in [6, 6.07) is 0. The fourth-order valence-corrected chi connectivity index (χ4v) is 0.676. The predicted octanol–water partition coefficient (Wildman–Crippen LogP) is 0.0389. The van der Waals surface area contributed by atoms with E-state index in [-0.39, 0.29) is 0 Å². The van der Waals surface area contributed by atoms with Crippen molar-refractivity contribution in [3.8, 4) is 0 Å². The van der Waals surface area contributed by atoms with Crippen molar-refractivity contribution >= 4 is 10.1 Å². The smallest absolute Gasteiger partial charge is 0.307 e. The van der Waals surface area contributed by atoms with Crippen LogP contribution in [0.15, 0.2) is 0 Å². The van der Waals surface area contributed by atoms with Crippen LogP contribution in [-0.2, 0) is 10.1 Å². The summed E-state index contributed by atoms with van der Waals surface area (Å²) in [4.78, 5) is 5.22. The van der Waals surface area contributed by atoms with Crippen molar-refractivity contribution in [2.45, 2.75) is 5.37 Å². The molecule has 0 bridgehead atoms. The molecule has 0 fully saturated rings. The molecular weight excluding hydrogens is 156 g/mol. The zero-order chi connectivity index (χ0) is 8.20. The van der Waals surface area contributed by atoms with Crippen molar-refractivity contribution in [1.29, 1.82) is 0 Å². The molecule has 1 unspecified atom stereocenters. The van der Waals surface area contributed by atoms with Gasteiger partial charge in [-0.05, 0) is 0 Å². The molecule has 0 aromatic heterocycles. The quantitative estimate of drug-likeness (QED) is 0.458. The largest absolute Gasteiger partial charge is 0.413 e. The highest BCUT2D eigenvalue weighted by atomic mass is 32.2. The molecule has 0 rings (SSSR count). The monoisotopic (exact) mass is 160 g/mol. The standard InChI is InChI=1S/C4H4N2O3S/c1-5-3-4(6-2)10(7,8)9/h4H,3H2,(H,7,8,9). The normalized spacial score (nSPS) is 13.1. The molecule has 0 aromatic rings. The SMILES string of the molecule is [C-]#[N+]CC([N+]#[C-])S(=O)(=O)O. The second-order valence-electron chi connectivity index (χ2n) is 1.44. The molecule has 6 heteroatoms. The van der Waals surface area contributed by atoms with E-state index in [9.17, 15) is 8.42 Å². The van der Waals surface area contributed by atoms with E-state index in [4.69, 9.17) is 17.7 Å². The highest BCUT2D eigenvalue weighted by Gasteiger charge is 2.31. The summed E-state index contributed by atoms with van der Waals surface area (Å²) in [5, 5.41) is -1.62. The first-order valence-electron chi connectivity index (χ1n) is 2.18. The van der Waals surface area contributed by atoms with Crippen LogP contribution >= 0.6 is 0 Å². The Labute approximate surface area is 58.7 Å². The van der Waals surface area contributed by atoms with Gasteiger partial charge in [-0.3, -0.25) is 9.40 Å². The third kappa shape index (κ3) is 2.44. The van der Waals surface area contributed by atoms with Gasteiger partial charge in [0.2, 0.25) is 0 Å². The van der Waals surface area contributed by atoms with Crippen LogP contribution < -0.4 is 0 Å².